The molecule has 0 saturated carbocycles. The highest BCUT2D eigenvalue weighted by Gasteiger charge is 2.01. The maximum Gasteiger partial charge on any atom is 0.303 e. The third kappa shape index (κ3) is 9.12. The lowest BCUT2D eigenvalue weighted by Gasteiger charge is -2.08. The second-order valence-corrected chi connectivity index (χ2v) is 3.61. The fourth-order valence-electron chi connectivity index (χ4n) is 1.32. The molecule has 2 nitrogen and oxygen atoms in total. The summed E-state index contributed by atoms with van der Waals surface area (Å²) in [6.07, 6.45) is 7.48. The van der Waals surface area contributed by atoms with Crippen LogP contribution in [0.15, 0.2) is 12.7 Å². The molecule has 2 heteroatoms. The molecule has 0 heterocycles. The molecule has 0 aliphatic heterocycles. The van der Waals surface area contributed by atoms with E-state index in [4.69, 9.17) is 5.11 Å². The van der Waals surface area contributed by atoms with Gasteiger partial charge in [0, 0.05) is 6.42 Å². The van der Waals surface area contributed by atoms with E-state index in [0.29, 0.717) is 12.3 Å². The zero-order chi connectivity index (χ0) is 10.1. The van der Waals surface area contributed by atoms with E-state index in [1.807, 2.05) is 6.08 Å². The van der Waals surface area contributed by atoms with E-state index in [0.717, 1.165) is 25.7 Å². The van der Waals surface area contributed by atoms with E-state index >= 15 is 0 Å². The van der Waals surface area contributed by atoms with Gasteiger partial charge in [-0.3, -0.25) is 4.79 Å². The van der Waals surface area contributed by atoms with Gasteiger partial charge in [0.1, 0.15) is 0 Å². The molecule has 1 unspecified atom stereocenters. The molecule has 0 rings (SSSR count). The number of hydrogen-bond donors (Lipinski definition) is 1. The van der Waals surface area contributed by atoms with E-state index in [2.05, 4.69) is 13.5 Å². The first kappa shape index (κ1) is 12.2. The number of carbonyl (C=O) groups is 1. The van der Waals surface area contributed by atoms with Gasteiger partial charge >= 0.3 is 5.97 Å². The number of allylic oxidation sites excluding steroid dienone is 1. The molecule has 0 aromatic rings. The lowest BCUT2D eigenvalue weighted by molar-refractivity contribution is -0.137. The van der Waals surface area contributed by atoms with Crippen molar-refractivity contribution < 1.29 is 9.90 Å². The predicted octanol–water partition coefficient (Wildman–Crippen LogP) is 3.23. The Hall–Kier alpha value is -0.790. The monoisotopic (exact) mass is 184 g/mol. The molecule has 0 aromatic carbocycles. The minimum Gasteiger partial charge on any atom is -0.481 e. The van der Waals surface area contributed by atoms with E-state index in [1.54, 1.807) is 0 Å². The van der Waals surface area contributed by atoms with E-state index < -0.39 is 5.97 Å². The first-order valence-electron chi connectivity index (χ1n) is 4.99. The molecule has 13 heavy (non-hydrogen) atoms. The standard InChI is InChI=1S/C11H20O2/c1-3-4-7-10(2)8-5-6-9-11(12)13/h3,10H,1,4-9H2,2H3,(H,12,13). The Morgan fingerprint density at radius 2 is 2.15 bits per heavy atom. The zero-order valence-corrected chi connectivity index (χ0v) is 8.46. The predicted molar refractivity (Wildman–Crippen MR) is 54.7 cm³/mol. The Morgan fingerprint density at radius 1 is 1.46 bits per heavy atom. The fourth-order valence-corrected chi connectivity index (χ4v) is 1.32. The number of aliphatic carboxylic acids is 1. The van der Waals surface area contributed by atoms with Gasteiger partial charge in [-0.1, -0.05) is 25.8 Å². The van der Waals surface area contributed by atoms with E-state index in [9.17, 15) is 4.79 Å². The minimum atomic E-state index is -0.682. The highest BCUT2D eigenvalue weighted by Crippen LogP contribution is 2.14. The average molecular weight is 184 g/mol. The minimum absolute atomic E-state index is 0.314. The molecule has 0 spiro atoms. The van der Waals surface area contributed by atoms with Crippen LogP contribution in [0.1, 0.15) is 45.4 Å². The highest BCUT2D eigenvalue weighted by molar-refractivity contribution is 5.66. The largest absolute Gasteiger partial charge is 0.481 e. The average Bonchev–Trinajstić information content (AvgIpc) is 2.08. The second kappa shape index (κ2) is 7.84. The normalized spacial score (nSPS) is 12.4. The number of carboxylic acid groups (broad SMARTS) is 1. The fraction of sp³-hybridized carbons (Fsp3) is 0.727. The van der Waals surface area contributed by atoms with Crippen LogP contribution in [0, 0.1) is 5.92 Å². The number of carboxylic acids is 1. The van der Waals surface area contributed by atoms with Crippen LogP contribution in [0.25, 0.3) is 0 Å². The SMILES string of the molecule is C=CCCC(C)CCCCC(=O)O. The molecule has 1 atom stereocenters. The molecule has 0 radical (unpaired) electrons. The first-order valence-corrected chi connectivity index (χ1v) is 4.99. The van der Waals surface area contributed by atoms with Crippen molar-refractivity contribution in [3.8, 4) is 0 Å². The summed E-state index contributed by atoms with van der Waals surface area (Å²) in [5, 5.41) is 8.41. The van der Waals surface area contributed by atoms with Crippen LogP contribution in [-0.2, 0) is 4.79 Å². The van der Waals surface area contributed by atoms with Crippen molar-refractivity contribution in [1.29, 1.82) is 0 Å². The first-order chi connectivity index (χ1) is 6.16. The van der Waals surface area contributed by atoms with Gasteiger partial charge < -0.3 is 5.11 Å². The smallest absolute Gasteiger partial charge is 0.303 e. The lowest BCUT2D eigenvalue weighted by atomic mass is 9.98. The van der Waals surface area contributed by atoms with Crippen LogP contribution in [-0.4, -0.2) is 11.1 Å². The zero-order valence-electron chi connectivity index (χ0n) is 8.46. The van der Waals surface area contributed by atoms with Crippen molar-refractivity contribution in [2.75, 3.05) is 0 Å². The highest BCUT2D eigenvalue weighted by atomic mass is 16.4. The molecule has 0 fully saturated rings. The lowest BCUT2D eigenvalue weighted by Crippen LogP contribution is -1.97. The number of unbranched alkanes of at least 4 members (excludes halogenated alkanes) is 1. The van der Waals surface area contributed by atoms with Gasteiger partial charge in [0.2, 0.25) is 0 Å². The molecular weight excluding hydrogens is 164 g/mol. The molecule has 0 aromatic heterocycles. The van der Waals surface area contributed by atoms with Crippen molar-refractivity contribution >= 4 is 5.97 Å². The maximum atomic E-state index is 10.2. The van der Waals surface area contributed by atoms with Crippen LogP contribution in [0.5, 0.6) is 0 Å². The van der Waals surface area contributed by atoms with Crippen LogP contribution in [0.2, 0.25) is 0 Å². The van der Waals surface area contributed by atoms with Crippen molar-refractivity contribution in [3.05, 3.63) is 12.7 Å². The van der Waals surface area contributed by atoms with Gasteiger partial charge in [0.15, 0.2) is 0 Å². The Bertz CT molecular complexity index is 152. The van der Waals surface area contributed by atoms with Gasteiger partial charge in [0.05, 0.1) is 0 Å². The third-order valence-electron chi connectivity index (χ3n) is 2.20. The number of hydrogen-bond acceptors (Lipinski definition) is 1. The van der Waals surface area contributed by atoms with Gasteiger partial charge in [-0.05, 0) is 25.2 Å². The molecule has 0 saturated heterocycles. The van der Waals surface area contributed by atoms with Gasteiger partial charge in [-0.25, -0.2) is 0 Å². The topological polar surface area (TPSA) is 37.3 Å². The summed E-state index contributed by atoms with van der Waals surface area (Å²) in [5.74, 6) is 0.0190. The van der Waals surface area contributed by atoms with Gasteiger partial charge in [-0.15, -0.1) is 6.58 Å². The van der Waals surface area contributed by atoms with Crippen LogP contribution in [0.3, 0.4) is 0 Å². The van der Waals surface area contributed by atoms with Crippen molar-refractivity contribution in [3.63, 3.8) is 0 Å². The summed E-state index contributed by atoms with van der Waals surface area (Å²) in [7, 11) is 0. The molecule has 1 N–H and O–H groups in total. The molecule has 0 amide bonds. The molecule has 76 valence electrons. The Balaban J connectivity index is 3.21. The summed E-state index contributed by atoms with van der Waals surface area (Å²) < 4.78 is 0. The maximum absolute atomic E-state index is 10.2. The van der Waals surface area contributed by atoms with Gasteiger partial charge in [0.25, 0.3) is 0 Å². The van der Waals surface area contributed by atoms with E-state index in [1.165, 1.54) is 6.42 Å². The molecule has 0 bridgehead atoms. The van der Waals surface area contributed by atoms with Crippen LogP contribution < -0.4 is 0 Å². The third-order valence-corrected chi connectivity index (χ3v) is 2.20. The molecular formula is C11H20O2. The van der Waals surface area contributed by atoms with Crippen LogP contribution >= 0.6 is 0 Å². The summed E-state index contributed by atoms with van der Waals surface area (Å²) >= 11 is 0. The summed E-state index contributed by atoms with van der Waals surface area (Å²) in [4.78, 5) is 10.2. The van der Waals surface area contributed by atoms with Crippen molar-refractivity contribution in [2.24, 2.45) is 5.92 Å². The summed E-state index contributed by atoms with van der Waals surface area (Å²) in [5.41, 5.74) is 0. The molecule has 0 aliphatic rings. The quantitative estimate of drug-likeness (QED) is 0.464. The van der Waals surface area contributed by atoms with Crippen molar-refractivity contribution in [2.45, 2.75) is 45.4 Å². The Labute approximate surface area is 80.7 Å². The summed E-state index contributed by atoms with van der Waals surface area (Å²) in [6.45, 7) is 5.89. The van der Waals surface area contributed by atoms with Crippen LogP contribution in [0.4, 0.5) is 0 Å². The molecule has 0 aliphatic carbocycles. The van der Waals surface area contributed by atoms with E-state index in [-0.39, 0.29) is 0 Å². The Morgan fingerprint density at radius 3 is 2.69 bits per heavy atom. The second-order valence-electron chi connectivity index (χ2n) is 3.61. The summed E-state index contributed by atoms with van der Waals surface area (Å²) in [6, 6.07) is 0. The number of rotatable bonds is 8. The van der Waals surface area contributed by atoms with Gasteiger partial charge in [-0.2, -0.15) is 0 Å². The van der Waals surface area contributed by atoms with Crippen molar-refractivity contribution in [1.82, 2.24) is 0 Å². The Kier molecular flexibility index (Phi) is 7.36.